The molecule has 11 nitrogen and oxygen atoms in total. The van der Waals surface area contributed by atoms with Gasteiger partial charge in [0.25, 0.3) is 10.0 Å². The number of aliphatic hydroxyl groups is 1. The van der Waals surface area contributed by atoms with Crippen LogP contribution in [0.4, 0.5) is 31.5 Å². The van der Waals surface area contributed by atoms with E-state index in [1.54, 1.807) is 55.1 Å². The summed E-state index contributed by atoms with van der Waals surface area (Å²) < 4.78 is 88.4. The van der Waals surface area contributed by atoms with Crippen molar-refractivity contribution in [1.82, 2.24) is 9.47 Å². The molecule has 0 bridgehead atoms. The van der Waals surface area contributed by atoms with Crippen LogP contribution in [0, 0.1) is 25.5 Å². The molecule has 3 N–H and O–H groups in total. The monoisotopic (exact) mass is 982 g/mol. The van der Waals surface area contributed by atoms with Crippen LogP contribution < -0.4 is 19.8 Å². The number of anilines is 4. The van der Waals surface area contributed by atoms with Gasteiger partial charge in [-0.2, -0.15) is 0 Å². The van der Waals surface area contributed by atoms with E-state index in [2.05, 4.69) is 36.9 Å². The van der Waals surface area contributed by atoms with E-state index in [-0.39, 0.29) is 21.9 Å². The van der Waals surface area contributed by atoms with Gasteiger partial charge in [-0.3, -0.25) is 4.72 Å². The average Bonchev–Trinajstić information content (AvgIpc) is 3.64. The van der Waals surface area contributed by atoms with Crippen LogP contribution in [-0.2, 0) is 26.4 Å². The minimum absolute atomic E-state index is 0.118. The Bertz CT molecular complexity index is 2920. The molecule has 1 aromatic heterocycles. The van der Waals surface area contributed by atoms with Crippen LogP contribution in [-0.4, -0.2) is 101 Å². The number of sulfone groups is 1. The van der Waals surface area contributed by atoms with E-state index in [1.807, 2.05) is 60.9 Å². The van der Waals surface area contributed by atoms with E-state index in [0.717, 1.165) is 67.8 Å². The van der Waals surface area contributed by atoms with Crippen LogP contribution >= 0.6 is 11.8 Å². The Balaban J connectivity index is 0.919. The first kappa shape index (κ1) is 49.0. The van der Waals surface area contributed by atoms with Crippen molar-refractivity contribution in [2.24, 2.45) is 0 Å². The molecule has 1 atom stereocenters. The zero-order chi connectivity index (χ0) is 48.2. The van der Waals surface area contributed by atoms with Crippen LogP contribution in [0.2, 0.25) is 0 Å². The van der Waals surface area contributed by atoms with Crippen molar-refractivity contribution in [1.29, 1.82) is 0 Å². The van der Waals surface area contributed by atoms with Gasteiger partial charge in [-0.25, -0.2) is 25.6 Å². The lowest BCUT2D eigenvalue weighted by atomic mass is 10.00. The fraction of sp³-hybridized carbons (Fsp3) is 0.346. The second-order valence-electron chi connectivity index (χ2n) is 17.8. The number of rotatable bonds is 17. The Hall–Kier alpha value is -5.39. The van der Waals surface area contributed by atoms with E-state index < -0.39 is 31.5 Å². The number of aromatic nitrogens is 1. The summed E-state index contributed by atoms with van der Waals surface area (Å²) >= 11 is 1.79. The number of halogens is 2. The SMILES string of the molecule is CCn1c(C)c(S(C)(=O)=O)c(-c2cc(F)cc(N3CCN(c4ccc(NS(=O)(=O)c5ccc(N[C@H](CCN6CCC(O)CC6)CSc6ccccc6)c(C)c5)cc4)CC3)c2)c1-c1ccc(F)cc1. The first-order valence-electron chi connectivity index (χ1n) is 23.1. The Kier molecular flexibility index (Phi) is 15.2. The number of benzene rings is 5. The molecule has 0 saturated carbocycles. The standard InChI is InChI=1S/C52H60F2N6O5S3/c1-5-60-37(3)52(67(4,62)63)50(51(60)38-11-13-40(53)14-12-38)39-32-41(54)34-45(33-39)59-29-27-58(28-30-59)44-17-15-42(16-18-44)56-68(64,65)48-19-20-49(36(2)31-48)55-43(35-66-47-9-7-6-8-10-47)21-24-57-25-22-46(61)23-26-57/h6-20,31-34,43,46,55-56,61H,5,21-30,35H2,1-4H3/t43-/m1/s1. The van der Waals surface area contributed by atoms with Crippen molar-refractivity contribution in [2.45, 2.75) is 73.4 Å². The van der Waals surface area contributed by atoms with Gasteiger partial charge in [0, 0.05) is 109 Å². The summed E-state index contributed by atoms with van der Waals surface area (Å²) in [4.78, 5) is 8.14. The zero-order valence-electron chi connectivity index (χ0n) is 39.0. The minimum Gasteiger partial charge on any atom is -0.393 e. The first-order chi connectivity index (χ1) is 32.6. The molecule has 0 aliphatic carbocycles. The third kappa shape index (κ3) is 11.5. The van der Waals surface area contributed by atoms with Gasteiger partial charge in [0.05, 0.1) is 21.6 Å². The quantitative estimate of drug-likeness (QED) is 0.0761. The Morgan fingerprint density at radius 1 is 0.750 bits per heavy atom. The van der Waals surface area contributed by atoms with Crippen LogP contribution in [0.25, 0.3) is 22.4 Å². The lowest BCUT2D eigenvalue weighted by molar-refractivity contribution is 0.0817. The van der Waals surface area contributed by atoms with Gasteiger partial charge in [-0.05, 0) is 154 Å². The Morgan fingerprint density at radius 2 is 1.41 bits per heavy atom. The third-order valence-electron chi connectivity index (χ3n) is 13.0. The Morgan fingerprint density at radius 3 is 2.04 bits per heavy atom. The van der Waals surface area contributed by atoms with Crippen LogP contribution in [0.3, 0.4) is 0 Å². The van der Waals surface area contributed by atoms with Gasteiger partial charge < -0.3 is 29.7 Å². The molecule has 5 aromatic carbocycles. The molecule has 0 spiro atoms. The molecule has 2 fully saturated rings. The summed E-state index contributed by atoms with van der Waals surface area (Å²) in [6.45, 7) is 11.0. The maximum atomic E-state index is 15.6. The molecule has 0 amide bonds. The molecule has 2 aliphatic rings. The third-order valence-corrected chi connectivity index (χ3v) is 16.8. The van der Waals surface area contributed by atoms with E-state index in [4.69, 9.17) is 0 Å². The second-order valence-corrected chi connectivity index (χ2v) is 22.5. The molecule has 6 aromatic rings. The molecule has 2 aliphatic heterocycles. The van der Waals surface area contributed by atoms with Crippen molar-refractivity contribution < 1.29 is 30.7 Å². The fourth-order valence-corrected chi connectivity index (χ4v) is 12.8. The van der Waals surface area contributed by atoms with Gasteiger partial charge in [0.1, 0.15) is 11.6 Å². The number of sulfonamides is 1. The lowest BCUT2D eigenvalue weighted by Gasteiger charge is -2.37. The van der Waals surface area contributed by atoms with Gasteiger partial charge in [0.2, 0.25) is 0 Å². The van der Waals surface area contributed by atoms with Crippen molar-refractivity contribution in [3.8, 4) is 22.4 Å². The molecule has 16 heteroatoms. The summed E-state index contributed by atoms with van der Waals surface area (Å²) in [7, 11) is -7.67. The largest absolute Gasteiger partial charge is 0.393 e. The van der Waals surface area contributed by atoms with Crippen LogP contribution in [0.15, 0.2) is 130 Å². The highest BCUT2D eigenvalue weighted by Crippen LogP contribution is 2.43. The molecular formula is C52H60F2N6O5S3. The summed E-state index contributed by atoms with van der Waals surface area (Å²) in [6.07, 6.45) is 3.43. The molecular weight excluding hydrogens is 923 g/mol. The highest BCUT2D eigenvalue weighted by Gasteiger charge is 2.30. The predicted molar refractivity (Wildman–Crippen MR) is 272 cm³/mol. The topological polar surface area (TPSA) is 127 Å². The molecule has 3 heterocycles. The van der Waals surface area contributed by atoms with E-state index in [9.17, 15) is 26.3 Å². The van der Waals surface area contributed by atoms with E-state index in [0.29, 0.717) is 72.2 Å². The predicted octanol–water partition coefficient (Wildman–Crippen LogP) is 9.69. The van der Waals surface area contributed by atoms with E-state index in [1.165, 1.54) is 29.2 Å². The van der Waals surface area contributed by atoms with Crippen molar-refractivity contribution in [3.05, 3.63) is 138 Å². The maximum absolute atomic E-state index is 15.6. The summed E-state index contributed by atoms with van der Waals surface area (Å²) in [5.74, 6) is -0.0794. The number of aryl methyl sites for hydroxylation is 1. The van der Waals surface area contributed by atoms with Crippen molar-refractivity contribution in [2.75, 3.05) is 77.7 Å². The molecule has 0 radical (unpaired) electrons. The number of likely N-dealkylation sites (tertiary alicyclic amines) is 1. The number of hydrogen-bond acceptors (Lipinski definition) is 10. The van der Waals surface area contributed by atoms with Crippen LogP contribution in [0.5, 0.6) is 0 Å². The lowest BCUT2D eigenvalue weighted by Crippen LogP contribution is -2.46. The smallest absolute Gasteiger partial charge is 0.261 e. The number of nitrogens with one attached hydrogen (secondary N) is 2. The number of hydrogen-bond donors (Lipinski definition) is 3. The average molecular weight is 983 g/mol. The van der Waals surface area contributed by atoms with Gasteiger partial charge >= 0.3 is 0 Å². The molecule has 0 unspecified atom stereocenters. The van der Waals surface area contributed by atoms with Crippen molar-refractivity contribution in [3.63, 3.8) is 0 Å². The fourth-order valence-electron chi connectivity index (χ4n) is 9.39. The summed E-state index contributed by atoms with van der Waals surface area (Å²) in [6, 6.07) is 33.4. The second kappa shape index (κ2) is 21.1. The molecule has 8 rings (SSSR count). The summed E-state index contributed by atoms with van der Waals surface area (Å²) in [5.41, 5.74) is 6.22. The van der Waals surface area contributed by atoms with E-state index >= 15 is 4.39 Å². The van der Waals surface area contributed by atoms with Crippen molar-refractivity contribution >= 4 is 54.4 Å². The van der Waals surface area contributed by atoms with Gasteiger partial charge in [-0.15, -0.1) is 11.8 Å². The van der Waals surface area contributed by atoms with Gasteiger partial charge in [-0.1, -0.05) is 18.2 Å². The highest BCUT2D eigenvalue weighted by molar-refractivity contribution is 7.99. The number of nitrogens with zero attached hydrogens (tertiary/aromatic N) is 4. The minimum atomic E-state index is -3.90. The maximum Gasteiger partial charge on any atom is 0.261 e. The number of piperidine rings is 1. The number of aliphatic hydroxyl groups excluding tert-OH is 1. The molecule has 68 heavy (non-hydrogen) atoms. The number of piperazine rings is 1. The highest BCUT2D eigenvalue weighted by atomic mass is 32.2. The first-order valence-corrected chi connectivity index (χ1v) is 27.5. The Labute approximate surface area is 404 Å². The molecule has 2 saturated heterocycles. The summed E-state index contributed by atoms with van der Waals surface area (Å²) in [5, 5.41) is 13.7. The zero-order valence-corrected chi connectivity index (χ0v) is 41.4. The van der Waals surface area contributed by atoms with Crippen LogP contribution in [0.1, 0.15) is 37.4 Å². The van der Waals surface area contributed by atoms with Gasteiger partial charge in [0.15, 0.2) is 9.84 Å². The normalized spacial score (nSPS) is 15.7. The molecule has 360 valence electrons. The number of thioether (sulfide) groups is 1.